The van der Waals surface area contributed by atoms with E-state index in [0.29, 0.717) is 22.7 Å². The van der Waals surface area contributed by atoms with Crippen molar-refractivity contribution in [2.75, 3.05) is 13.7 Å². The van der Waals surface area contributed by atoms with Crippen molar-refractivity contribution in [1.82, 2.24) is 5.32 Å². The fourth-order valence-electron chi connectivity index (χ4n) is 2.51. The maximum atomic E-state index is 12.3. The third-order valence-electron chi connectivity index (χ3n) is 3.90. The summed E-state index contributed by atoms with van der Waals surface area (Å²) in [5.41, 5.74) is -0.208. The molecule has 0 aliphatic rings. The van der Waals surface area contributed by atoms with Crippen LogP contribution in [-0.4, -0.2) is 24.7 Å². The molecule has 124 valence electrons. The highest BCUT2D eigenvalue weighted by Crippen LogP contribution is 2.27. The van der Waals surface area contributed by atoms with Crippen LogP contribution in [0.1, 0.15) is 23.0 Å². The third kappa shape index (κ3) is 3.12. The van der Waals surface area contributed by atoms with E-state index in [0.717, 1.165) is 5.39 Å². The number of carbonyl (C=O) groups is 1. The van der Waals surface area contributed by atoms with E-state index in [1.807, 2.05) is 24.3 Å². The van der Waals surface area contributed by atoms with Crippen LogP contribution >= 0.6 is 0 Å². The van der Waals surface area contributed by atoms with E-state index in [-0.39, 0.29) is 12.5 Å². The standard InChI is InChI=1S/C19H19NO4/c1-19(22,17-11-13-7-3-5-9-15(13)24-17)12-20-18(21)14-8-4-6-10-16(14)23-2/h3-11,22H,12H2,1-2H3,(H,20,21). The van der Waals surface area contributed by atoms with Crippen molar-refractivity contribution in [2.24, 2.45) is 0 Å². The topological polar surface area (TPSA) is 71.7 Å². The number of fused-ring (bicyclic) bond motifs is 1. The minimum absolute atomic E-state index is 0.0176. The molecule has 0 bridgehead atoms. The number of para-hydroxylation sites is 2. The van der Waals surface area contributed by atoms with Crippen molar-refractivity contribution >= 4 is 16.9 Å². The lowest BCUT2D eigenvalue weighted by Crippen LogP contribution is -2.38. The number of ether oxygens (including phenoxy) is 1. The van der Waals surface area contributed by atoms with E-state index in [1.54, 1.807) is 37.3 Å². The number of amides is 1. The van der Waals surface area contributed by atoms with Gasteiger partial charge in [-0.3, -0.25) is 4.79 Å². The highest BCUT2D eigenvalue weighted by molar-refractivity contribution is 5.96. The summed E-state index contributed by atoms with van der Waals surface area (Å²) in [7, 11) is 1.51. The Morgan fingerprint density at radius 2 is 1.92 bits per heavy atom. The molecule has 0 fully saturated rings. The zero-order chi connectivity index (χ0) is 17.2. The predicted octanol–water partition coefficient (Wildman–Crippen LogP) is 3.08. The quantitative estimate of drug-likeness (QED) is 0.756. The highest BCUT2D eigenvalue weighted by Gasteiger charge is 2.28. The van der Waals surface area contributed by atoms with E-state index >= 15 is 0 Å². The van der Waals surface area contributed by atoms with Gasteiger partial charge in [0, 0.05) is 5.39 Å². The van der Waals surface area contributed by atoms with E-state index in [9.17, 15) is 9.90 Å². The first-order chi connectivity index (χ1) is 11.5. The monoisotopic (exact) mass is 325 g/mol. The molecule has 0 aliphatic carbocycles. The molecule has 5 nitrogen and oxygen atoms in total. The lowest BCUT2D eigenvalue weighted by Gasteiger charge is -2.21. The largest absolute Gasteiger partial charge is 0.496 e. The molecule has 2 aromatic carbocycles. The van der Waals surface area contributed by atoms with Gasteiger partial charge in [0.2, 0.25) is 0 Å². The van der Waals surface area contributed by atoms with Gasteiger partial charge in [-0.25, -0.2) is 0 Å². The summed E-state index contributed by atoms with van der Waals surface area (Å²) >= 11 is 0. The Labute approximate surface area is 139 Å². The van der Waals surface area contributed by atoms with Gasteiger partial charge in [0.25, 0.3) is 5.91 Å². The van der Waals surface area contributed by atoms with Crippen molar-refractivity contribution in [3.63, 3.8) is 0 Å². The Hall–Kier alpha value is -2.79. The van der Waals surface area contributed by atoms with Gasteiger partial charge < -0.3 is 19.6 Å². The van der Waals surface area contributed by atoms with Crippen molar-refractivity contribution in [2.45, 2.75) is 12.5 Å². The second-order valence-corrected chi connectivity index (χ2v) is 5.81. The fraction of sp³-hybridized carbons (Fsp3) is 0.211. The van der Waals surface area contributed by atoms with Crippen molar-refractivity contribution < 1.29 is 19.1 Å². The van der Waals surface area contributed by atoms with Crippen LogP contribution in [0.2, 0.25) is 0 Å². The molecule has 1 atom stereocenters. The molecule has 2 N–H and O–H groups in total. The Kier molecular flexibility index (Phi) is 4.27. The fourth-order valence-corrected chi connectivity index (χ4v) is 2.51. The molecule has 3 aromatic rings. The lowest BCUT2D eigenvalue weighted by atomic mass is 10.0. The van der Waals surface area contributed by atoms with Crippen molar-refractivity contribution in [3.8, 4) is 5.75 Å². The zero-order valence-electron chi connectivity index (χ0n) is 13.6. The number of methoxy groups -OCH3 is 1. The van der Waals surface area contributed by atoms with Gasteiger partial charge in [-0.1, -0.05) is 30.3 Å². The van der Waals surface area contributed by atoms with E-state index in [4.69, 9.17) is 9.15 Å². The number of rotatable bonds is 5. The minimum atomic E-state index is -1.32. The SMILES string of the molecule is COc1ccccc1C(=O)NCC(C)(O)c1cc2ccccc2o1. The van der Waals surface area contributed by atoms with Gasteiger partial charge in [0.15, 0.2) is 0 Å². The highest BCUT2D eigenvalue weighted by atomic mass is 16.5. The molecule has 1 unspecified atom stereocenters. The van der Waals surface area contributed by atoms with Crippen LogP contribution in [0.5, 0.6) is 5.75 Å². The summed E-state index contributed by atoms with van der Waals surface area (Å²) in [6.45, 7) is 1.62. The number of furan rings is 1. The summed E-state index contributed by atoms with van der Waals surface area (Å²) in [5.74, 6) is 0.575. The predicted molar refractivity (Wildman–Crippen MR) is 91.1 cm³/mol. The van der Waals surface area contributed by atoms with Gasteiger partial charge in [-0.2, -0.15) is 0 Å². The summed E-state index contributed by atoms with van der Waals surface area (Å²) in [6, 6.07) is 16.2. The lowest BCUT2D eigenvalue weighted by molar-refractivity contribution is 0.0344. The number of hydrogen-bond acceptors (Lipinski definition) is 4. The van der Waals surface area contributed by atoms with Crippen LogP contribution in [0.4, 0.5) is 0 Å². The number of hydrogen-bond donors (Lipinski definition) is 2. The van der Waals surface area contributed by atoms with Crippen molar-refractivity contribution in [3.05, 3.63) is 65.9 Å². The summed E-state index contributed by atoms with van der Waals surface area (Å²) in [5, 5.41) is 14.3. The van der Waals surface area contributed by atoms with Crippen molar-refractivity contribution in [1.29, 1.82) is 0 Å². The normalized spacial score (nSPS) is 13.5. The Balaban J connectivity index is 1.76. The number of nitrogens with one attached hydrogen (secondary N) is 1. The molecular weight excluding hydrogens is 306 g/mol. The van der Waals surface area contributed by atoms with Gasteiger partial charge in [-0.05, 0) is 31.2 Å². The number of aliphatic hydroxyl groups is 1. The smallest absolute Gasteiger partial charge is 0.255 e. The first-order valence-corrected chi connectivity index (χ1v) is 7.64. The van der Waals surface area contributed by atoms with Crippen LogP contribution in [-0.2, 0) is 5.60 Å². The van der Waals surface area contributed by atoms with Crippen LogP contribution in [0, 0.1) is 0 Å². The molecule has 1 amide bonds. The van der Waals surface area contributed by atoms with Gasteiger partial charge >= 0.3 is 0 Å². The number of benzene rings is 2. The van der Waals surface area contributed by atoms with Crippen LogP contribution in [0.3, 0.4) is 0 Å². The maximum absolute atomic E-state index is 12.3. The molecule has 0 saturated carbocycles. The molecule has 1 aromatic heterocycles. The average molecular weight is 325 g/mol. The second kappa shape index (κ2) is 6.37. The molecule has 0 spiro atoms. The van der Waals surface area contributed by atoms with Crippen LogP contribution < -0.4 is 10.1 Å². The first kappa shape index (κ1) is 16.1. The number of carbonyl (C=O) groups excluding carboxylic acids is 1. The third-order valence-corrected chi connectivity index (χ3v) is 3.90. The zero-order valence-corrected chi connectivity index (χ0v) is 13.6. The van der Waals surface area contributed by atoms with Crippen LogP contribution in [0.15, 0.2) is 59.0 Å². The minimum Gasteiger partial charge on any atom is -0.496 e. The second-order valence-electron chi connectivity index (χ2n) is 5.81. The summed E-state index contributed by atoms with van der Waals surface area (Å²) in [4.78, 5) is 12.3. The van der Waals surface area contributed by atoms with Gasteiger partial charge in [0.1, 0.15) is 22.7 Å². The molecular formula is C19H19NO4. The molecule has 0 radical (unpaired) electrons. The maximum Gasteiger partial charge on any atom is 0.255 e. The van der Waals surface area contributed by atoms with E-state index < -0.39 is 5.60 Å². The molecule has 5 heteroatoms. The summed E-state index contributed by atoms with van der Waals surface area (Å²) < 4.78 is 10.9. The van der Waals surface area contributed by atoms with E-state index in [1.165, 1.54) is 7.11 Å². The molecule has 0 aliphatic heterocycles. The Morgan fingerprint density at radius 3 is 2.67 bits per heavy atom. The molecule has 1 heterocycles. The van der Waals surface area contributed by atoms with E-state index in [2.05, 4.69) is 5.32 Å². The molecule has 3 rings (SSSR count). The average Bonchev–Trinajstić information content (AvgIpc) is 3.05. The molecule has 24 heavy (non-hydrogen) atoms. The Bertz CT molecular complexity index is 833. The summed E-state index contributed by atoms with van der Waals surface area (Å²) in [6.07, 6.45) is 0. The van der Waals surface area contributed by atoms with Gasteiger partial charge in [0.05, 0.1) is 19.2 Å². The van der Waals surface area contributed by atoms with Gasteiger partial charge in [-0.15, -0.1) is 0 Å². The van der Waals surface area contributed by atoms with Crippen LogP contribution in [0.25, 0.3) is 11.0 Å². The first-order valence-electron chi connectivity index (χ1n) is 7.64. The Morgan fingerprint density at radius 1 is 1.21 bits per heavy atom. The molecule has 0 saturated heterocycles.